The van der Waals surface area contributed by atoms with Crippen LogP contribution in [0.5, 0.6) is 0 Å². The number of fused-ring (bicyclic) bond motifs is 2. The Morgan fingerprint density at radius 1 is 1.07 bits per heavy atom. The molecule has 0 aliphatic heterocycles. The monoisotopic (exact) mass is 398 g/mol. The molecule has 1 N–H and O–H groups in total. The zero-order valence-corrected chi connectivity index (χ0v) is 15.5. The number of pyridine rings is 1. The van der Waals surface area contributed by atoms with Gasteiger partial charge in [0.2, 0.25) is 5.91 Å². The maximum atomic E-state index is 13.9. The number of halogens is 3. The number of benzene rings is 2. The number of nitrogens with zero attached hydrogens (tertiary/aromatic N) is 3. The zero-order valence-electron chi connectivity index (χ0n) is 15.5. The van der Waals surface area contributed by atoms with Crippen LogP contribution in [0.3, 0.4) is 0 Å². The summed E-state index contributed by atoms with van der Waals surface area (Å²) in [6.45, 7) is 1.76. The van der Waals surface area contributed by atoms with Crippen LogP contribution in [0.4, 0.5) is 13.2 Å². The van der Waals surface area contributed by atoms with Gasteiger partial charge in [-0.05, 0) is 18.6 Å². The number of likely N-dealkylation sites (N-methyl/N-ethyl adjacent to an activating group) is 1. The minimum absolute atomic E-state index is 0.0288. The third-order valence-corrected chi connectivity index (χ3v) is 4.57. The van der Waals surface area contributed by atoms with Crippen molar-refractivity contribution in [1.29, 1.82) is 0 Å². The van der Waals surface area contributed by atoms with E-state index in [1.54, 1.807) is 61.5 Å². The number of carbonyl (C=O) groups excluding carboxylic acids is 1. The molecule has 0 radical (unpaired) electrons. The quantitative estimate of drug-likeness (QED) is 0.554. The molecule has 0 atom stereocenters. The number of carbonyl (C=O) groups is 1. The Morgan fingerprint density at radius 3 is 2.45 bits per heavy atom. The molecule has 0 aliphatic rings. The molecule has 0 aliphatic carbocycles. The predicted molar refractivity (Wildman–Crippen MR) is 104 cm³/mol. The lowest BCUT2D eigenvalue weighted by molar-refractivity contribution is -0.140. The molecule has 0 saturated carbocycles. The molecule has 0 saturated heterocycles. The van der Waals surface area contributed by atoms with Crippen LogP contribution < -0.4 is 5.32 Å². The Morgan fingerprint density at radius 2 is 1.76 bits per heavy atom. The molecular weight excluding hydrogens is 381 g/mol. The van der Waals surface area contributed by atoms with Crippen LogP contribution >= 0.6 is 0 Å². The lowest BCUT2D eigenvalue weighted by Crippen LogP contribution is -2.27. The summed E-state index contributed by atoms with van der Waals surface area (Å²) in [5, 5.41) is 6.83. The van der Waals surface area contributed by atoms with E-state index in [2.05, 4.69) is 15.4 Å². The maximum Gasteiger partial charge on any atom is 0.435 e. The Kier molecular flexibility index (Phi) is 4.70. The first-order valence-corrected chi connectivity index (χ1v) is 9.08. The van der Waals surface area contributed by atoms with Crippen LogP contribution in [0.15, 0.2) is 54.6 Å². The van der Waals surface area contributed by atoms with Crippen LogP contribution in [-0.2, 0) is 17.5 Å². The molecular formula is C21H17F3N4O. The van der Waals surface area contributed by atoms with Gasteiger partial charge in [-0.1, -0.05) is 48.5 Å². The first-order chi connectivity index (χ1) is 13.9. The van der Waals surface area contributed by atoms with E-state index >= 15 is 0 Å². The zero-order chi connectivity index (χ0) is 20.6. The van der Waals surface area contributed by atoms with Gasteiger partial charge in [0.15, 0.2) is 11.3 Å². The van der Waals surface area contributed by atoms with Crippen molar-refractivity contribution in [3.63, 3.8) is 0 Å². The second-order valence-corrected chi connectivity index (χ2v) is 6.53. The van der Waals surface area contributed by atoms with E-state index in [4.69, 9.17) is 0 Å². The largest absolute Gasteiger partial charge is 0.435 e. The number of alkyl halides is 3. The molecule has 4 rings (SSSR count). The average Bonchev–Trinajstić information content (AvgIpc) is 3.05. The van der Waals surface area contributed by atoms with Gasteiger partial charge in [0, 0.05) is 17.5 Å². The predicted octanol–water partition coefficient (Wildman–Crippen LogP) is 4.41. The molecule has 0 unspecified atom stereocenters. The van der Waals surface area contributed by atoms with Gasteiger partial charge in [-0.2, -0.15) is 18.3 Å². The summed E-state index contributed by atoms with van der Waals surface area (Å²) in [7, 11) is 0. The van der Waals surface area contributed by atoms with E-state index < -0.39 is 17.8 Å². The Hall–Kier alpha value is -3.42. The summed E-state index contributed by atoms with van der Waals surface area (Å²) in [6.07, 6.45) is -4.70. The molecule has 8 heteroatoms. The summed E-state index contributed by atoms with van der Waals surface area (Å²) in [4.78, 5) is 16.5. The van der Waals surface area contributed by atoms with E-state index in [1.807, 2.05) is 0 Å². The molecule has 0 spiro atoms. The fraction of sp³-hybridized carbons (Fsp3) is 0.190. The van der Waals surface area contributed by atoms with Crippen molar-refractivity contribution >= 4 is 27.8 Å². The smallest absolute Gasteiger partial charge is 0.355 e. The summed E-state index contributed by atoms with van der Waals surface area (Å²) in [5.41, 5.74) is 0.541. The number of nitrogens with one attached hydrogen (secondary N) is 1. The van der Waals surface area contributed by atoms with Crippen LogP contribution in [0.25, 0.3) is 33.1 Å². The van der Waals surface area contributed by atoms with Gasteiger partial charge >= 0.3 is 6.18 Å². The number of rotatable bonds is 4. The Bertz CT molecular complexity index is 1200. The number of aromatic nitrogens is 3. The van der Waals surface area contributed by atoms with Crippen molar-refractivity contribution in [2.24, 2.45) is 0 Å². The van der Waals surface area contributed by atoms with Gasteiger partial charge in [0.25, 0.3) is 0 Å². The number of hydrogen-bond donors (Lipinski definition) is 1. The van der Waals surface area contributed by atoms with Crippen LogP contribution in [0, 0.1) is 0 Å². The van der Waals surface area contributed by atoms with Crippen LogP contribution in [0.1, 0.15) is 12.6 Å². The lowest BCUT2D eigenvalue weighted by atomic mass is 9.97. The standard InChI is InChI=1S/C21H17F3N4O/c1-2-25-16(29)12-28-20-18(19(27-28)21(22,23)24)17(13-8-4-3-5-9-13)14-10-6-7-11-15(14)26-20/h3-11H,2,12H2,1H3,(H,25,29). The maximum absolute atomic E-state index is 13.9. The molecule has 0 fully saturated rings. The number of amides is 1. The van der Waals surface area contributed by atoms with Crippen molar-refractivity contribution in [3.05, 3.63) is 60.3 Å². The SMILES string of the molecule is CCNC(=O)Cn1nc(C(F)(F)F)c2c(-c3ccccc3)c3ccccc3nc21. The van der Waals surface area contributed by atoms with Gasteiger partial charge in [-0.3, -0.25) is 4.79 Å². The van der Waals surface area contributed by atoms with Crippen molar-refractivity contribution in [2.45, 2.75) is 19.6 Å². The van der Waals surface area contributed by atoms with Crippen molar-refractivity contribution in [2.75, 3.05) is 6.54 Å². The van der Waals surface area contributed by atoms with E-state index in [0.717, 1.165) is 4.68 Å². The average molecular weight is 398 g/mol. The normalized spacial score (nSPS) is 11.9. The molecule has 5 nitrogen and oxygen atoms in total. The van der Waals surface area contributed by atoms with Crippen molar-refractivity contribution in [3.8, 4) is 11.1 Å². The highest BCUT2D eigenvalue weighted by molar-refractivity contribution is 6.10. The van der Waals surface area contributed by atoms with E-state index in [1.165, 1.54) is 0 Å². The minimum Gasteiger partial charge on any atom is -0.355 e. The van der Waals surface area contributed by atoms with E-state index in [0.29, 0.717) is 28.6 Å². The minimum atomic E-state index is -4.70. The first kappa shape index (κ1) is 18.9. The third-order valence-electron chi connectivity index (χ3n) is 4.57. The highest BCUT2D eigenvalue weighted by Gasteiger charge is 2.39. The topological polar surface area (TPSA) is 59.8 Å². The van der Waals surface area contributed by atoms with Gasteiger partial charge in [-0.25, -0.2) is 9.67 Å². The van der Waals surface area contributed by atoms with Crippen LogP contribution in [0.2, 0.25) is 0 Å². The molecule has 29 heavy (non-hydrogen) atoms. The van der Waals surface area contributed by atoms with E-state index in [-0.39, 0.29) is 17.6 Å². The van der Waals surface area contributed by atoms with Gasteiger partial charge in [0.05, 0.1) is 10.9 Å². The molecule has 2 aromatic carbocycles. The molecule has 4 aromatic rings. The molecule has 1 amide bonds. The molecule has 0 bridgehead atoms. The molecule has 148 valence electrons. The van der Waals surface area contributed by atoms with E-state index in [9.17, 15) is 18.0 Å². The molecule has 2 heterocycles. The second-order valence-electron chi connectivity index (χ2n) is 6.53. The molecule has 2 aromatic heterocycles. The second kappa shape index (κ2) is 7.20. The fourth-order valence-electron chi connectivity index (χ4n) is 3.43. The summed E-state index contributed by atoms with van der Waals surface area (Å²) in [6, 6.07) is 15.8. The summed E-state index contributed by atoms with van der Waals surface area (Å²) < 4.78 is 42.8. The summed E-state index contributed by atoms with van der Waals surface area (Å²) >= 11 is 0. The van der Waals surface area contributed by atoms with Gasteiger partial charge in [-0.15, -0.1) is 0 Å². The van der Waals surface area contributed by atoms with Gasteiger partial charge in [0.1, 0.15) is 6.54 Å². The van der Waals surface area contributed by atoms with Crippen molar-refractivity contribution in [1.82, 2.24) is 20.1 Å². The van der Waals surface area contributed by atoms with Crippen LogP contribution in [-0.4, -0.2) is 27.2 Å². The number of para-hydroxylation sites is 1. The Balaban J connectivity index is 2.12. The summed E-state index contributed by atoms with van der Waals surface area (Å²) in [5.74, 6) is -0.429. The van der Waals surface area contributed by atoms with Gasteiger partial charge < -0.3 is 5.32 Å². The third kappa shape index (κ3) is 3.41. The lowest BCUT2D eigenvalue weighted by Gasteiger charge is -2.11. The van der Waals surface area contributed by atoms with Crippen molar-refractivity contribution < 1.29 is 18.0 Å². The highest BCUT2D eigenvalue weighted by atomic mass is 19.4. The number of hydrogen-bond acceptors (Lipinski definition) is 3. The first-order valence-electron chi connectivity index (χ1n) is 9.08. The Labute approximate surface area is 164 Å². The highest BCUT2D eigenvalue weighted by Crippen LogP contribution is 2.41. The fourth-order valence-corrected chi connectivity index (χ4v) is 3.43.